The van der Waals surface area contributed by atoms with Crippen LogP contribution in [0.5, 0.6) is 5.75 Å². The fraction of sp³-hybridized carbons (Fsp3) is 0.455. The van der Waals surface area contributed by atoms with Crippen LogP contribution in [0.1, 0.15) is 29.8 Å². The number of esters is 1. The Morgan fingerprint density at radius 3 is 2.71 bits per heavy atom. The van der Waals surface area contributed by atoms with Crippen molar-refractivity contribution in [2.45, 2.75) is 20.5 Å². The third-order valence-electron chi connectivity index (χ3n) is 2.09. The predicted molar refractivity (Wildman–Crippen MR) is 60.0 cm³/mol. The van der Waals surface area contributed by atoms with Gasteiger partial charge < -0.3 is 19.6 Å². The highest BCUT2D eigenvalue weighted by Crippen LogP contribution is 2.20. The number of aromatic nitrogens is 1. The molecule has 2 N–H and O–H groups in total. The Bertz CT molecular complexity index is 452. The first-order valence-corrected chi connectivity index (χ1v) is 5.30. The average Bonchev–Trinajstić information content (AvgIpc) is 2.28. The molecule has 1 rings (SSSR count). The minimum atomic E-state index is -0.843. The van der Waals surface area contributed by atoms with Crippen molar-refractivity contribution in [3.63, 3.8) is 0 Å². The van der Waals surface area contributed by atoms with Crippen LogP contribution in [0, 0.1) is 0 Å². The maximum absolute atomic E-state index is 11.5. The van der Waals surface area contributed by atoms with Gasteiger partial charge in [-0.3, -0.25) is 4.79 Å². The molecule has 94 valence electrons. The van der Waals surface area contributed by atoms with E-state index in [9.17, 15) is 14.7 Å². The van der Waals surface area contributed by atoms with E-state index in [1.807, 2.05) is 0 Å². The Balaban J connectivity index is 3.11. The summed E-state index contributed by atoms with van der Waals surface area (Å²) in [5.41, 5.74) is -0.722. The van der Waals surface area contributed by atoms with Gasteiger partial charge >= 0.3 is 5.97 Å². The second-order valence-electron chi connectivity index (χ2n) is 3.22. The molecule has 0 amide bonds. The zero-order valence-corrected chi connectivity index (χ0v) is 9.78. The first kappa shape index (κ1) is 13.2. The largest absolute Gasteiger partial charge is 0.506 e. The van der Waals surface area contributed by atoms with Gasteiger partial charge in [-0.25, -0.2) is 4.79 Å². The smallest absolute Gasteiger partial charge is 0.347 e. The van der Waals surface area contributed by atoms with E-state index in [-0.39, 0.29) is 24.5 Å². The first-order chi connectivity index (χ1) is 8.11. The summed E-state index contributed by atoms with van der Waals surface area (Å²) in [6.45, 7) is 4.13. The second-order valence-corrected chi connectivity index (χ2v) is 3.22. The molecule has 0 unspecified atom stereocenters. The number of carbonyl (C=O) groups excluding carboxylic acids is 1. The number of pyridine rings is 1. The van der Waals surface area contributed by atoms with Crippen molar-refractivity contribution >= 4 is 5.97 Å². The Morgan fingerprint density at radius 2 is 2.12 bits per heavy atom. The minimum Gasteiger partial charge on any atom is -0.506 e. The average molecular weight is 241 g/mol. The number of carbonyl (C=O) groups is 1. The highest BCUT2D eigenvalue weighted by molar-refractivity contribution is 5.92. The van der Waals surface area contributed by atoms with Crippen molar-refractivity contribution in [3.8, 4) is 5.75 Å². The van der Waals surface area contributed by atoms with E-state index >= 15 is 0 Å². The van der Waals surface area contributed by atoms with Gasteiger partial charge in [-0.2, -0.15) is 0 Å². The number of hydrogen-bond acceptors (Lipinski definition) is 5. The van der Waals surface area contributed by atoms with Crippen molar-refractivity contribution in [2.75, 3.05) is 13.2 Å². The third-order valence-corrected chi connectivity index (χ3v) is 2.09. The predicted octanol–water partition coefficient (Wildman–Crippen LogP) is 0.794. The standard InChI is InChI=1S/C11H15NO5/c1-3-16-6-7-5-12-10(14)8(9(7)13)11(15)17-4-2/h5H,3-4,6H2,1-2H3,(H2,12,13,14). The summed E-state index contributed by atoms with van der Waals surface area (Å²) < 4.78 is 9.79. The van der Waals surface area contributed by atoms with Gasteiger partial charge in [0.1, 0.15) is 5.75 Å². The van der Waals surface area contributed by atoms with Crippen LogP contribution in [0.15, 0.2) is 11.0 Å². The summed E-state index contributed by atoms with van der Waals surface area (Å²) in [4.78, 5) is 25.3. The van der Waals surface area contributed by atoms with Crippen LogP contribution in [0.4, 0.5) is 0 Å². The number of rotatable bonds is 5. The molecule has 6 nitrogen and oxygen atoms in total. The lowest BCUT2D eigenvalue weighted by Gasteiger charge is -2.08. The van der Waals surface area contributed by atoms with Crippen LogP contribution < -0.4 is 5.56 Å². The Kier molecular flexibility index (Phi) is 4.71. The molecule has 0 spiro atoms. The van der Waals surface area contributed by atoms with E-state index in [1.165, 1.54) is 6.20 Å². The number of aromatic hydroxyl groups is 1. The summed E-state index contributed by atoms with van der Waals surface area (Å²) in [6, 6.07) is 0. The summed E-state index contributed by atoms with van der Waals surface area (Å²) in [5, 5.41) is 9.79. The summed E-state index contributed by atoms with van der Waals surface area (Å²) in [7, 11) is 0. The third kappa shape index (κ3) is 3.07. The Labute approximate surface area is 98.2 Å². The van der Waals surface area contributed by atoms with E-state index in [0.717, 1.165) is 0 Å². The Hall–Kier alpha value is -1.82. The quantitative estimate of drug-likeness (QED) is 0.744. The number of ether oxygens (including phenoxy) is 2. The molecule has 1 heterocycles. The van der Waals surface area contributed by atoms with Crippen molar-refractivity contribution in [2.24, 2.45) is 0 Å². The van der Waals surface area contributed by atoms with Gasteiger partial charge in [-0.05, 0) is 13.8 Å². The van der Waals surface area contributed by atoms with Crippen LogP contribution in [0.25, 0.3) is 0 Å². The van der Waals surface area contributed by atoms with Gasteiger partial charge in [0.05, 0.1) is 13.2 Å². The fourth-order valence-corrected chi connectivity index (χ4v) is 1.28. The minimum absolute atomic E-state index is 0.117. The summed E-state index contributed by atoms with van der Waals surface area (Å²) >= 11 is 0. The molecule has 1 aromatic rings. The van der Waals surface area contributed by atoms with Gasteiger partial charge in [0.15, 0.2) is 5.56 Å². The molecule has 0 atom stereocenters. The lowest BCUT2D eigenvalue weighted by atomic mass is 10.2. The SMILES string of the molecule is CCOCc1c[nH]c(=O)c(C(=O)OCC)c1O. The molecule has 0 aliphatic rings. The number of H-pyrrole nitrogens is 1. The molecule has 1 aromatic heterocycles. The highest BCUT2D eigenvalue weighted by Gasteiger charge is 2.20. The molecule has 0 radical (unpaired) electrons. The van der Waals surface area contributed by atoms with Gasteiger partial charge in [0, 0.05) is 18.4 Å². The molecule has 0 aliphatic carbocycles. The molecule has 0 aromatic carbocycles. The molecule has 0 bridgehead atoms. The Morgan fingerprint density at radius 1 is 1.41 bits per heavy atom. The molecular weight excluding hydrogens is 226 g/mol. The van der Waals surface area contributed by atoms with Crippen molar-refractivity contribution < 1.29 is 19.4 Å². The fourth-order valence-electron chi connectivity index (χ4n) is 1.28. The van der Waals surface area contributed by atoms with E-state index in [4.69, 9.17) is 4.74 Å². The monoisotopic (exact) mass is 241 g/mol. The molecule has 0 fully saturated rings. The second kappa shape index (κ2) is 6.05. The van der Waals surface area contributed by atoms with Crippen LogP contribution in [-0.2, 0) is 16.1 Å². The van der Waals surface area contributed by atoms with Gasteiger partial charge in [-0.1, -0.05) is 0 Å². The molecule has 17 heavy (non-hydrogen) atoms. The van der Waals surface area contributed by atoms with E-state index in [2.05, 4.69) is 9.72 Å². The van der Waals surface area contributed by atoms with Gasteiger partial charge in [0.25, 0.3) is 5.56 Å². The van der Waals surface area contributed by atoms with Gasteiger partial charge in [0.2, 0.25) is 0 Å². The van der Waals surface area contributed by atoms with E-state index in [0.29, 0.717) is 12.2 Å². The zero-order chi connectivity index (χ0) is 12.8. The zero-order valence-electron chi connectivity index (χ0n) is 9.78. The normalized spacial score (nSPS) is 10.2. The van der Waals surface area contributed by atoms with Crippen LogP contribution in [0.3, 0.4) is 0 Å². The van der Waals surface area contributed by atoms with Crippen LogP contribution in [-0.4, -0.2) is 29.3 Å². The maximum atomic E-state index is 11.5. The van der Waals surface area contributed by atoms with Crippen molar-refractivity contribution in [1.82, 2.24) is 4.98 Å². The molecule has 0 aliphatic heterocycles. The molecule has 6 heteroatoms. The molecular formula is C11H15NO5. The summed E-state index contributed by atoms with van der Waals surface area (Å²) in [5.74, 6) is -1.23. The number of nitrogens with one attached hydrogen (secondary N) is 1. The number of aromatic amines is 1. The van der Waals surface area contributed by atoms with E-state index in [1.54, 1.807) is 13.8 Å². The van der Waals surface area contributed by atoms with Crippen molar-refractivity contribution in [3.05, 3.63) is 27.7 Å². The topological polar surface area (TPSA) is 88.6 Å². The highest BCUT2D eigenvalue weighted by atomic mass is 16.5. The van der Waals surface area contributed by atoms with E-state index < -0.39 is 11.5 Å². The molecule has 0 saturated heterocycles. The van der Waals surface area contributed by atoms with Gasteiger partial charge in [-0.15, -0.1) is 0 Å². The van der Waals surface area contributed by atoms with Crippen LogP contribution in [0.2, 0.25) is 0 Å². The maximum Gasteiger partial charge on any atom is 0.347 e. The first-order valence-electron chi connectivity index (χ1n) is 5.30. The molecule has 0 saturated carbocycles. The van der Waals surface area contributed by atoms with Crippen LogP contribution >= 0.6 is 0 Å². The van der Waals surface area contributed by atoms with Crippen molar-refractivity contribution in [1.29, 1.82) is 0 Å². The number of hydrogen-bond donors (Lipinski definition) is 2. The lowest BCUT2D eigenvalue weighted by Crippen LogP contribution is -2.20. The summed E-state index contributed by atoms with van der Waals surface area (Å²) in [6.07, 6.45) is 1.32. The lowest BCUT2D eigenvalue weighted by molar-refractivity contribution is 0.0520.